The molecule has 3 aromatic carbocycles. The molecule has 1 atom stereocenters. The average molecular weight is 413 g/mol. The molecule has 0 saturated heterocycles. The second-order valence-corrected chi connectivity index (χ2v) is 8.66. The van der Waals surface area contributed by atoms with E-state index in [0.717, 1.165) is 22.3 Å². The molecule has 0 saturated carbocycles. The Hall–Kier alpha value is -3.40. The molecule has 2 amide bonds. The molecule has 0 radical (unpaired) electrons. The van der Waals surface area contributed by atoms with Crippen LogP contribution in [0.15, 0.2) is 72.8 Å². The zero-order chi connectivity index (χ0) is 22.0. The van der Waals surface area contributed by atoms with E-state index < -0.39 is 5.54 Å². The number of carbonyl (C=O) groups is 2. The van der Waals surface area contributed by atoms with Gasteiger partial charge in [0.15, 0.2) is 0 Å². The predicted molar refractivity (Wildman–Crippen MR) is 123 cm³/mol. The summed E-state index contributed by atoms with van der Waals surface area (Å²) in [6.45, 7) is 6.77. The molecule has 4 nitrogen and oxygen atoms in total. The molecule has 0 unspecified atom stereocenters. The van der Waals surface area contributed by atoms with Crippen LogP contribution in [0.4, 0.5) is 0 Å². The molecule has 31 heavy (non-hydrogen) atoms. The van der Waals surface area contributed by atoms with Crippen molar-refractivity contribution in [1.29, 1.82) is 0 Å². The van der Waals surface area contributed by atoms with E-state index in [2.05, 4.69) is 11.4 Å². The van der Waals surface area contributed by atoms with Gasteiger partial charge in [-0.1, -0.05) is 77.9 Å². The maximum atomic E-state index is 13.5. The first-order valence-corrected chi connectivity index (χ1v) is 10.7. The molecule has 0 bridgehead atoms. The quantitative estimate of drug-likeness (QED) is 0.667. The summed E-state index contributed by atoms with van der Waals surface area (Å²) >= 11 is 0. The molecular weight excluding hydrogens is 384 g/mol. The highest BCUT2D eigenvalue weighted by Crippen LogP contribution is 2.33. The highest BCUT2D eigenvalue weighted by atomic mass is 16.2. The van der Waals surface area contributed by atoms with E-state index in [0.29, 0.717) is 25.1 Å². The van der Waals surface area contributed by atoms with Crippen molar-refractivity contribution >= 4 is 11.8 Å². The lowest BCUT2D eigenvalue weighted by molar-refractivity contribution is -0.132. The van der Waals surface area contributed by atoms with Crippen molar-refractivity contribution in [2.24, 2.45) is 0 Å². The van der Waals surface area contributed by atoms with E-state index in [-0.39, 0.29) is 11.8 Å². The maximum absolute atomic E-state index is 13.5. The monoisotopic (exact) mass is 412 g/mol. The average Bonchev–Trinajstić information content (AvgIpc) is 2.76. The fourth-order valence-corrected chi connectivity index (χ4v) is 4.24. The number of amides is 2. The van der Waals surface area contributed by atoms with E-state index in [9.17, 15) is 9.59 Å². The van der Waals surface area contributed by atoms with Gasteiger partial charge in [-0.2, -0.15) is 0 Å². The molecule has 4 heteroatoms. The summed E-state index contributed by atoms with van der Waals surface area (Å²) in [6.07, 6.45) is 0.487. The molecule has 1 N–H and O–H groups in total. The SMILES string of the molecule is Cc1ccc(CNC(=O)[C@]2(C)Cc3ccccc3C(=O)N2Cc2cccc(C)c2)cc1. The number of nitrogens with one attached hydrogen (secondary N) is 1. The van der Waals surface area contributed by atoms with Crippen LogP contribution in [0.1, 0.15) is 45.1 Å². The lowest BCUT2D eigenvalue weighted by atomic mass is 9.82. The van der Waals surface area contributed by atoms with E-state index in [4.69, 9.17) is 0 Å². The van der Waals surface area contributed by atoms with Crippen LogP contribution in [0.3, 0.4) is 0 Å². The summed E-state index contributed by atoms with van der Waals surface area (Å²) in [5.74, 6) is -0.236. The number of fused-ring (bicyclic) bond motifs is 1. The fourth-order valence-electron chi connectivity index (χ4n) is 4.24. The standard InChI is InChI=1S/C27H28N2O2/c1-19-11-13-21(14-12-19)17-28-26(31)27(3)16-23-9-4-5-10-24(23)25(30)29(27)18-22-8-6-7-20(2)15-22/h4-15H,16-18H2,1-3H3,(H,28,31)/t27-/m0/s1. The number of rotatable bonds is 5. The van der Waals surface area contributed by atoms with Gasteiger partial charge in [-0.25, -0.2) is 0 Å². The first-order valence-electron chi connectivity index (χ1n) is 10.7. The molecular formula is C27H28N2O2. The van der Waals surface area contributed by atoms with Crippen LogP contribution in [-0.2, 0) is 24.3 Å². The largest absolute Gasteiger partial charge is 0.350 e. The van der Waals surface area contributed by atoms with Gasteiger partial charge in [0.1, 0.15) is 5.54 Å². The van der Waals surface area contributed by atoms with Crippen LogP contribution in [0, 0.1) is 13.8 Å². The lowest BCUT2D eigenvalue weighted by Gasteiger charge is -2.44. The van der Waals surface area contributed by atoms with E-state index in [1.54, 1.807) is 4.90 Å². The number of hydrogen-bond acceptors (Lipinski definition) is 2. The third-order valence-corrected chi connectivity index (χ3v) is 6.11. The van der Waals surface area contributed by atoms with Gasteiger partial charge >= 0.3 is 0 Å². The van der Waals surface area contributed by atoms with Gasteiger partial charge < -0.3 is 10.2 Å². The van der Waals surface area contributed by atoms with Gasteiger partial charge in [-0.15, -0.1) is 0 Å². The van der Waals surface area contributed by atoms with Crippen molar-refractivity contribution in [2.45, 2.75) is 45.8 Å². The van der Waals surface area contributed by atoms with Crippen molar-refractivity contribution in [3.63, 3.8) is 0 Å². The molecule has 0 aromatic heterocycles. The van der Waals surface area contributed by atoms with Crippen molar-refractivity contribution in [2.75, 3.05) is 0 Å². The van der Waals surface area contributed by atoms with Crippen LogP contribution < -0.4 is 5.32 Å². The summed E-state index contributed by atoms with van der Waals surface area (Å²) in [6, 6.07) is 23.8. The topological polar surface area (TPSA) is 49.4 Å². The maximum Gasteiger partial charge on any atom is 0.255 e. The minimum Gasteiger partial charge on any atom is -0.350 e. The number of carbonyl (C=O) groups excluding carboxylic acids is 2. The van der Waals surface area contributed by atoms with Crippen LogP contribution in [-0.4, -0.2) is 22.3 Å². The van der Waals surface area contributed by atoms with Gasteiger partial charge in [0.2, 0.25) is 5.91 Å². The van der Waals surface area contributed by atoms with E-state index >= 15 is 0 Å². The second kappa shape index (κ2) is 8.38. The number of aryl methyl sites for hydroxylation is 2. The van der Waals surface area contributed by atoms with Crippen molar-refractivity contribution < 1.29 is 9.59 Å². The molecule has 1 aliphatic rings. The summed E-state index contributed by atoms with van der Waals surface area (Å²) < 4.78 is 0. The zero-order valence-corrected chi connectivity index (χ0v) is 18.3. The Labute approximate surface area is 183 Å². The Kier molecular flexibility index (Phi) is 5.64. The Morgan fingerprint density at radius 1 is 0.935 bits per heavy atom. The van der Waals surface area contributed by atoms with Crippen molar-refractivity contribution in [1.82, 2.24) is 10.2 Å². The first-order chi connectivity index (χ1) is 14.9. The smallest absolute Gasteiger partial charge is 0.255 e. The zero-order valence-electron chi connectivity index (χ0n) is 18.3. The molecule has 4 rings (SSSR count). The van der Waals surface area contributed by atoms with Crippen molar-refractivity contribution in [3.05, 3.63) is 106 Å². The van der Waals surface area contributed by atoms with Gasteiger partial charge in [0, 0.05) is 25.1 Å². The van der Waals surface area contributed by atoms with Crippen LogP contribution in [0.5, 0.6) is 0 Å². The molecule has 1 heterocycles. The summed E-state index contributed by atoms with van der Waals surface area (Å²) in [5, 5.41) is 3.07. The Morgan fingerprint density at radius 3 is 2.42 bits per heavy atom. The minimum atomic E-state index is -0.972. The number of hydrogen-bond donors (Lipinski definition) is 1. The molecule has 158 valence electrons. The van der Waals surface area contributed by atoms with Crippen LogP contribution in [0.25, 0.3) is 0 Å². The number of nitrogens with zero attached hydrogens (tertiary/aromatic N) is 1. The molecule has 3 aromatic rings. The van der Waals surface area contributed by atoms with Gasteiger partial charge in [0.05, 0.1) is 0 Å². The lowest BCUT2D eigenvalue weighted by Crippen LogP contribution is -2.62. The molecule has 0 spiro atoms. The van der Waals surface area contributed by atoms with Crippen LogP contribution >= 0.6 is 0 Å². The van der Waals surface area contributed by atoms with Gasteiger partial charge in [0.25, 0.3) is 5.91 Å². The number of benzene rings is 3. The third-order valence-electron chi connectivity index (χ3n) is 6.11. The summed E-state index contributed by atoms with van der Waals surface area (Å²) in [4.78, 5) is 28.7. The predicted octanol–water partition coefficient (Wildman–Crippen LogP) is 4.58. The van der Waals surface area contributed by atoms with Gasteiger partial charge in [-0.05, 0) is 43.5 Å². The normalized spacial score (nSPS) is 17.9. The van der Waals surface area contributed by atoms with Crippen molar-refractivity contribution in [3.8, 4) is 0 Å². The Balaban J connectivity index is 1.64. The Morgan fingerprint density at radius 2 is 1.68 bits per heavy atom. The molecule has 0 fully saturated rings. The summed E-state index contributed by atoms with van der Waals surface area (Å²) in [5.41, 5.74) is 4.99. The minimum absolute atomic E-state index is 0.101. The summed E-state index contributed by atoms with van der Waals surface area (Å²) in [7, 11) is 0. The Bertz CT molecular complexity index is 1120. The molecule has 0 aliphatic carbocycles. The second-order valence-electron chi connectivity index (χ2n) is 8.66. The first kappa shape index (κ1) is 20.9. The highest BCUT2D eigenvalue weighted by molar-refractivity contribution is 6.02. The molecule has 1 aliphatic heterocycles. The van der Waals surface area contributed by atoms with E-state index in [1.165, 1.54) is 5.56 Å². The fraction of sp³-hybridized carbons (Fsp3) is 0.259. The van der Waals surface area contributed by atoms with Gasteiger partial charge in [-0.3, -0.25) is 9.59 Å². The van der Waals surface area contributed by atoms with Crippen LogP contribution in [0.2, 0.25) is 0 Å². The third kappa shape index (κ3) is 4.24. The van der Waals surface area contributed by atoms with E-state index in [1.807, 2.05) is 87.5 Å². The highest BCUT2D eigenvalue weighted by Gasteiger charge is 2.46.